The highest BCUT2D eigenvalue weighted by atomic mass is 19.4. The number of amides is 3. The third-order valence-corrected chi connectivity index (χ3v) is 8.06. The Labute approximate surface area is 248 Å². The second kappa shape index (κ2) is 11.9. The number of carbonyl (C=O) groups excluding carboxylic acids is 2. The molecular formula is C31H36F4N6O2. The van der Waals surface area contributed by atoms with E-state index in [9.17, 15) is 27.2 Å². The van der Waals surface area contributed by atoms with Crippen LogP contribution in [0.5, 0.6) is 0 Å². The van der Waals surface area contributed by atoms with Gasteiger partial charge in [0.2, 0.25) is 0 Å². The van der Waals surface area contributed by atoms with E-state index in [1.807, 2.05) is 31.7 Å². The number of urea groups is 1. The van der Waals surface area contributed by atoms with Crippen LogP contribution in [0.25, 0.3) is 0 Å². The Kier molecular flexibility index (Phi) is 8.40. The summed E-state index contributed by atoms with van der Waals surface area (Å²) in [5.74, 6) is 0.0840. The van der Waals surface area contributed by atoms with E-state index in [0.29, 0.717) is 43.7 Å². The molecule has 3 aromatic rings. The molecule has 0 bridgehead atoms. The van der Waals surface area contributed by atoms with Gasteiger partial charge in [0.1, 0.15) is 5.82 Å². The van der Waals surface area contributed by atoms with E-state index in [2.05, 4.69) is 5.10 Å². The number of aryl methyl sites for hydroxylation is 1. The van der Waals surface area contributed by atoms with E-state index in [1.54, 1.807) is 24.2 Å². The molecule has 1 aromatic heterocycles. The Balaban J connectivity index is 1.45. The maximum absolute atomic E-state index is 14.6. The Morgan fingerprint density at radius 3 is 2.44 bits per heavy atom. The summed E-state index contributed by atoms with van der Waals surface area (Å²) >= 11 is 0. The van der Waals surface area contributed by atoms with Gasteiger partial charge in [-0.15, -0.1) is 5.10 Å². The summed E-state index contributed by atoms with van der Waals surface area (Å²) in [7, 11) is 1.66. The molecule has 0 radical (unpaired) electrons. The summed E-state index contributed by atoms with van der Waals surface area (Å²) in [5.41, 5.74) is 1.04. The van der Waals surface area contributed by atoms with E-state index in [-0.39, 0.29) is 42.2 Å². The van der Waals surface area contributed by atoms with E-state index in [4.69, 9.17) is 0 Å². The number of para-hydroxylation sites is 1. The number of fused-ring (bicyclic) bond motifs is 1. The van der Waals surface area contributed by atoms with Crippen LogP contribution in [0.15, 0.2) is 48.7 Å². The average Bonchev–Trinajstić information content (AvgIpc) is 3.38. The number of piperidine rings is 1. The summed E-state index contributed by atoms with van der Waals surface area (Å²) in [6.07, 6.45) is -1.95. The number of nitrogens with zero attached hydrogens (tertiary/aromatic N) is 6. The van der Waals surface area contributed by atoms with Crippen LogP contribution in [-0.4, -0.2) is 64.4 Å². The van der Waals surface area contributed by atoms with Gasteiger partial charge < -0.3 is 14.7 Å². The van der Waals surface area contributed by atoms with Gasteiger partial charge in [0.25, 0.3) is 0 Å². The topological polar surface area (TPSA) is 64.9 Å². The van der Waals surface area contributed by atoms with Gasteiger partial charge in [-0.1, -0.05) is 44.2 Å². The Bertz CT molecular complexity index is 1480. The van der Waals surface area contributed by atoms with Crippen molar-refractivity contribution >= 4 is 23.6 Å². The number of halogens is 4. The SMILES string of the molecule is Cc1cccc(F)c1N1CCC(N2Cc3cn(C(=O)N(C)CC(C)C)nc3N(Cc3ccccc3C(F)(F)F)C2=O)CC1. The molecule has 230 valence electrons. The zero-order valence-corrected chi connectivity index (χ0v) is 24.7. The molecule has 1 saturated heterocycles. The predicted octanol–water partition coefficient (Wildman–Crippen LogP) is 6.52. The van der Waals surface area contributed by atoms with Crippen molar-refractivity contribution in [3.05, 3.63) is 76.7 Å². The molecule has 0 atom stereocenters. The molecule has 8 nitrogen and oxygen atoms in total. The number of hydrogen-bond donors (Lipinski definition) is 0. The van der Waals surface area contributed by atoms with Gasteiger partial charge in [0.15, 0.2) is 5.82 Å². The standard InChI is InChI=1S/C31H36F4N6O2/c1-20(2)16-37(4)29(42)41-19-23-18-39(24-12-14-38(15-13-24)27-21(3)8-7-11-26(27)32)30(43)40(28(23)36-41)17-22-9-5-6-10-25(22)31(33,34)35/h5-11,19-20,24H,12-18H2,1-4H3. The lowest BCUT2D eigenvalue weighted by atomic mass is 10.00. The molecule has 5 rings (SSSR count). The van der Waals surface area contributed by atoms with Gasteiger partial charge >= 0.3 is 18.2 Å². The van der Waals surface area contributed by atoms with Gasteiger partial charge in [-0.25, -0.2) is 14.0 Å². The van der Waals surface area contributed by atoms with Crippen molar-refractivity contribution in [1.29, 1.82) is 0 Å². The third kappa shape index (κ3) is 6.18. The number of hydrogen-bond acceptors (Lipinski definition) is 4. The largest absolute Gasteiger partial charge is 0.416 e. The first-order chi connectivity index (χ1) is 20.3. The monoisotopic (exact) mass is 600 g/mol. The summed E-state index contributed by atoms with van der Waals surface area (Å²) in [6.45, 7) is 7.12. The van der Waals surface area contributed by atoms with Crippen molar-refractivity contribution in [1.82, 2.24) is 19.6 Å². The minimum atomic E-state index is -4.61. The number of rotatable bonds is 6. The van der Waals surface area contributed by atoms with Crippen molar-refractivity contribution < 1.29 is 27.2 Å². The molecule has 12 heteroatoms. The highest BCUT2D eigenvalue weighted by molar-refractivity contribution is 5.94. The van der Waals surface area contributed by atoms with Gasteiger partial charge in [-0.2, -0.15) is 17.9 Å². The quantitative estimate of drug-likeness (QED) is 0.303. The molecule has 3 amide bonds. The van der Waals surface area contributed by atoms with E-state index < -0.39 is 23.8 Å². The Morgan fingerprint density at radius 2 is 1.79 bits per heavy atom. The van der Waals surface area contributed by atoms with Crippen LogP contribution in [0, 0.1) is 18.7 Å². The van der Waals surface area contributed by atoms with Crippen LogP contribution in [-0.2, 0) is 19.3 Å². The minimum Gasteiger partial charge on any atom is -0.369 e. The van der Waals surface area contributed by atoms with Crippen LogP contribution in [0.4, 0.5) is 38.7 Å². The summed E-state index contributed by atoms with van der Waals surface area (Å²) < 4.78 is 57.5. The van der Waals surface area contributed by atoms with E-state index in [0.717, 1.165) is 16.3 Å². The number of anilines is 2. The van der Waals surface area contributed by atoms with Crippen molar-refractivity contribution in [2.75, 3.05) is 36.5 Å². The third-order valence-electron chi connectivity index (χ3n) is 8.06. The first kappa shape index (κ1) is 30.4. The second-order valence-corrected chi connectivity index (χ2v) is 11.8. The molecule has 0 spiro atoms. The highest BCUT2D eigenvalue weighted by Crippen LogP contribution is 2.37. The Hall–Kier alpha value is -4.09. The van der Waals surface area contributed by atoms with Crippen LogP contribution < -0.4 is 9.80 Å². The maximum Gasteiger partial charge on any atom is 0.416 e. The number of carbonyl (C=O) groups is 2. The lowest BCUT2D eigenvalue weighted by Gasteiger charge is -2.43. The fourth-order valence-electron chi connectivity index (χ4n) is 6.09. The molecular weight excluding hydrogens is 564 g/mol. The molecule has 2 aromatic carbocycles. The summed E-state index contributed by atoms with van der Waals surface area (Å²) in [4.78, 5) is 33.6. The number of aromatic nitrogens is 2. The lowest BCUT2D eigenvalue weighted by Crippen LogP contribution is -2.54. The van der Waals surface area contributed by atoms with Crippen LogP contribution in [0.3, 0.4) is 0 Å². The van der Waals surface area contributed by atoms with Gasteiger partial charge in [0, 0.05) is 44.5 Å². The smallest absolute Gasteiger partial charge is 0.369 e. The summed E-state index contributed by atoms with van der Waals surface area (Å²) in [6, 6.07) is 9.01. The first-order valence-corrected chi connectivity index (χ1v) is 14.4. The average molecular weight is 601 g/mol. The molecule has 1 fully saturated rings. The van der Waals surface area contributed by atoms with E-state index in [1.165, 1.54) is 34.1 Å². The van der Waals surface area contributed by atoms with Crippen molar-refractivity contribution in [3.63, 3.8) is 0 Å². The zero-order chi connectivity index (χ0) is 31.1. The molecule has 0 saturated carbocycles. The van der Waals surface area contributed by atoms with Gasteiger partial charge in [-0.05, 0) is 48.9 Å². The Morgan fingerprint density at radius 1 is 1.09 bits per heavy atom. The molecule has 3 heterocycles. The number of benzene rings is 2. The first-order valence-electron chi connectivity index (χ1n) is 14.4. The molecule has 2 aliphatic heterocycles. The van der Waals surface area contributed by atoms with Crippen molar-refractivity contribution in [3.8, 4) is 0 Å². The molecule has 2 aliphatic rings. The number of alkyl halides is 3. The molecule has 0 N–H and O–H groups in total. The molecule has 43 heavy (non-hydrogen) atoms. The second-order valence-electron chi connectivity index (χ2n) is 11.8. The van der Waals surface area contributed by atoms with Crippen LogP contribution in [0.2, 0.25) is 0 Å². The predicted molar refractivity (Wildman–Crippen MR) is 155 cm³/mol. The minimum absolute atomic E-state index is 0.0706. The van der Waals surface area contributed by atoms with Crippen LogP contribution >= 0.6 is 0 Å². The molecule has 0 aliphatic carbocycles. The van der Waals surface area contributed by atoms with Gasteiger partial charge in [0.05, 0.1) is 24.3 Å². The van der Waals surface area contributed by atoms with Crippen molar-refractivity contribution in [2.45, 2.75) is 58.9 Å². The zero-order valence-electron chi connectivity index (χ0n) is 24.7. The fraction of sp³-hybridized carbons (Fsp3) is 0.452. The van der Waals surface area contributed by atoms with E-state index >= 15 is 0 Å². The normalized spacial score (nSPS) is 16.2. The maximum atomic E-state index is 14.6. The highest BCUT2D eigenvalue weighted by Gasteiger charge is 2.40. The molecule has 0 unspecified atom stereocenters. The van der Waals surface area contributed by atoms with Crippen molar-refractivity contribution in [2.24, 2.45) is 5.92 Å². The summed E-state index contributed by atoms with van der Waals surface area (Å²) in [5, 5.41) is 4.42. The van der Waals surface area contributed by atoms with Crippen LogP contribution in [0.1, 0.15) is 48.9 Å². The lowest BCUT2D eigenvalue weighted by molar-refractivity contribution is -0.138. The fourth-order valence-corrected chi connectivity index (χ4v) is 6.09. The van der Waals surface area contributed by atoms with Gasteiger partial charge in [-0.3, -0.25) is 4.90 Å².